The number of carbonyl (C=O) groups is 1. The molecule has 2 atom stereocenters. The predicted molar refractivity (Wildman–Crippen MR) is 121 cm³/mol. The summed E-state index contributed by atoms with van der Waals surface area (Å²) in [5, 5.41) is 9.56. The molecular formula is C26H24N2O5. The number of hydrogen-bond acceptors (Lipinski definition) is 7. The third kappa shape index (κ3) is 4.55. The van der Waals surface area contributed by atoms with Gasteiger partial charge in [0.25, 0.3) is 0 Å². The van der Waals surface area contributed by atoms with Crippen LogP contribution < -0.4 is 19.9 Å². The Morgan fingerprint density at radius 3 is 2.45 bits per heavy atom. The van der Waals surface area contributed by atoms with Gasteiger partial charge in [0.2, 0.25) is 5.88 Å². The zero-order chi connectivity index (χ0) is 23.5. The van der Waals surface area contributed by atoms with Crippen molar-refractivity contribution in [1.82, 2.24) is 0 Å². The van der Waals surface area contributed by atoms with Gasteiger partial charge in [-0.2, -0.15) is 5.26 Å². The lowest BCUT2D eigenvalue weighted by Gasteiger charge is -2.25. The molecule has 33 heavy (non-hydrogen) atoms. The first-order chi connectivity index (χ1) is 15.9. The quantitative estimate of drug-likeness (QED) is 0.421. The molecule has 1 aliphatic rings. The molecule has 7 heteroatoms. The lowest BCUT2D eigenvalue weighted by molar-refractivity contribution is -0.141. The zero-order valence-electron chi connectivity index (χ0n) is 18.6. The summed E-state index contributed by atoms with van der Waals surface area (Å²) < 4.78 is 22.4. The first kappa shape index (κ1) is 22.0. The van der Waals surface area contributed by atoms with Gasteiger partial charge in [-0.15, -0.1) is 0 Å². The van der Waals surface area contributed by atoms with Crippen molar-refractivity contribution in [2.24, 2.45) is 5.73 Å². The molecule has 0 aliphatic carbocycles. The summed E-state index contributed by atoms with van der Waals surface area (Å²) in [6.07, 6.45) is 0.710. The molecular weight excluding hydrogens is 420 g/mol. The Balaban J connectivity index is 1.50. The van der Waals surface area contributed by atoms with Gasteiger partial charge >= 0.3 is 5.97 Å². The number of hydrogen-bond donors (Lipinski definition) is 1. The van der Waals surface area contributed by atoms with Crippen molar-refractivity contribution in [2.75, 3.05) is 0 Å². The Morgan fingerprint density at radius 2 is 1.82 bits per heavy atom. The fraction of sp³-hybridized carbons (Fsp3) is 0.231. The summed E-state index contributed by atoms with van der Waals surface area (Å²) in [7, 11) is 0. The van der Waals surface area contributed by atoms with E-state index in [-0.39, 0.29) is 17.2 Å². The highest BCUT2D eigenvalue weighted by molar-refractivity contribution is 5.77. The fourth-order valence-corrected chi connectivity index (χ4v) is 3.63. The van der Waals surface area contributed by atoms with Crippen LogP contribution in [0.15, 0.2) is 76.7 Å². The number of furan rings is 1. The molecule has 0 fully saturated rings. The minimum atomic E-state index is -0.821. The van der Waals surface area contributed by atoms with Crippen LogP contribution in [0.1, 0.15) is 49.5 Å². The number of benzene rings is 2. The van der Waals surface area contributed by atoms with E-state index in [9.17, 15) is 10.1 Å². The van der Waals surface area contributed by atoms with Gasteiger partial charge in [-0.3, -0.25) is 0 Å². The second kappa shape index (κ2) is 9.13. The molecule has 1 aromatic heterocycles. The van der Waals surface area contributed by atoms with Crippen molar-refractivity contribution in [3.05, 3.63) is 89.2 Å². The Hall–Kier alpha value is -4.18. The van der Waals surface area contributed by atoms with Gasteiger partial charge in [0.05, 0.1) is 12.2 Å². The Morgan fingerprint density at radius 1 is 1.09 bits per heavy atom. The largest absolute Gasteiger partial charge is 0.479 e. The third-order valence-corrected chi connectivity index (χ3v) is 5.43. The van der Waals surface area contributed by atoms with E-state index in [0.29, 0.717) is 28.7 Å². The summed E-state index contributed by atoms with van der Waals surface area (Å²) >= 11 is 0. The highest BCUT2D eigenvalue weighted by atomic mass is 16.6. The van der Waals surface area contributed by atoms with Crippen molar-refractivity contribution >= 4 is 5.97 Å². The Bertz CT molecular complexity index is 1220. The van der Waals surface area contributed by atoms with E-state index in [4.69, 9.17) is 24.4 Å². The summed E-state index contributed by atoms with van der Waals surface area (Å²) in [5.41, 5.74) is 8.11. The van der Waals surface area contributed by atoms with E-state index in [0.717, 1.165) is 0 Å². The van der Waals surface area contributed by atoms with Crippen LogP contribution in [0, 0.1) is 11.3 Å². The SMILES string of the molecule is CC(Oc1ccc(C(C)C)cc1)C(=O)Oc1ccc2c(c1)OC(N)=C(C#N)C2c1ccco1. The summed E-state index contributed by atoms with van der Waals surface area (Å²) in [5.74, 6) is 1.14. The minimum absolute atomic E-state index is 0.0172. The number of nitriles is 1. The Labute approximate surface area is 192 Å². The van der Waals surface area contributed by atoms with E-state index in [1.54, 1.807) is 37.3 Å². The van der Waals surface area contributed by atoms with Crippen LogP contribution in [0.2, 0.25) is 0 Å². The van der Waals surface area contributed by atoms with Crippen LogP contribution in [-0.2, 0) is 4.79 Å². The maximum Gasteiger partial charge on any atom is 0.352 e. The predicted octanol–water partition coefficient (Wildman–Crippen LogP) is 4.99. The van der Waals surface area contributed by atoms with Gasteiger partial charge < -0.3 is 24.4 Å². The number of nitrogens with zero attached hydrogens (tertiary/aromatic N) is 1. The second-order valence-corrected chi connectivity index (χ2v) is 8.04. The molecule has 1 aliphatic heterocycles. The van der Waals surface area contributed by atoms with Crippen LogP contribution in [0.3, 0.4) is 0 Å². The molecule has 2 unspecified atom stereocenters. The van der Waals surface area contributed by atoms with Crippen molar-refractivity contribution in [3.63, 3.8) is 0 Å². The molecule has 0 spiro atoms. The standard InChI is InChI=1S/C26H24N2O5/c1-15(2)17-6-8-18(9-7-17)31-16(3)26(29)32-19-10-11-20-23(13-19)33-25(28)21(14-27)24(20)22-5-4-12-30-22/h4-13,15-16,24H,28H2,1-3H3. The second-order valence-electron chi connectivity index (χ2n) is 8.04. The van der Waals surface area contributed by atoms with E-state index in [1.165, 1.54) is 11.8 Å². The lowest BCUT2D eigenvalue weighted by Crippen LogP contribution is -2.28. The van der Waals surface area contributed by atoms with Crippen molar-refractivity contribution < 1.29 is 23.4 Å². The number of fused-ring (bicyclic) bond motifs is 1. The van der Waals surface area contributed by atoms with Gasteiger partial charge in [0, 0.05) is 11.6 Å². The minimum Gasteiger partial charge on any atom is -0.479 e. The van der Waals surface area contributed by atoms with Crippen LogP contribution in [0.4, 0.5) is 0 Å². The molecule has 0 radical (unpaired) electrons. The van der Waals surface area contributed by atoms with Crippen LogP contribution in [0.5, 0.6) is 17.2 Å². The monoisotopic (exact) mass is 444 g/mol. The van der Waals surface area contributed by atoms with Crippen molar-refractivity contribution in [2.45, 2.75) is 38.7 Å². The summed E-state index contributed by atoms with van der Waals surface area (Å²) in [6.45, 7) is 5.85. The normalized spacial score (nSPS) is 15.9. The van der Waals surface area contributed by atoms with Gasteiger partial charge in [0.1, 0.15) is 34.7 Å². The number of rotatable bonds is 6. The molecule has 2 heterocycles. The molecule has 0 bridgehead atoms. The van der Waals surface area contributed by atoms with Crippen LogP contribution in [0.25, 0.3) is 0 Å². The molecule has 0 amide bonds. The molecule has 168 valence electrons. The smallest absolute Gasteiger partial charge is 0.352 e. The van der Waals surface area contributed by atoms with Crippen LogP contribution >= 0.6 is 0 Å². The molecule has 4 rings (SSSR count). The number of allylic oxidation sites excluding steroid dienone is 1. The summed E-state index contributed by atoms with van der Waals surface area (Å²) in [4.78, 5) is 12.6. The highest BCUT2D eigenvalue weighted by Gasteiger charge is 2.33. The number of ether oxygens (including phenoxy) is 3. The molecule has 0 saturated carbocycles. The first-order valence-corrected chi connectivity index (χ1v) is 10.6. The van der Waals surface area contributed by atoms with Gasteiger partial charge in [-0.1, -0.05) is 32.0 Å². The lowest BCUT2D eigenvalue weighted by atomic mass is 9.87. The van der Waals surface area contributed by atoms with Gasteiger partial charge in [-0.25, -0.2) is 4.79 Å². The molecule has 2 aromatic carbocycles. The van der Waals surface area contributed by atoms with E-state index >= 15 is 0 Å². The third-order valence-electron chi connectivity index (χ3n) is 5.43. The zero-order valence-corrected chi connectivity index (χ0v) is 18.6. The average molecular weight is 444 g/mol. The van der Waals surface area contributed by atoms with Crippen molar-refractivity contribution in [1.29, 1.82) is 5.26 Å². The maximum absolute atomic E-state index is 12.6. The summed E-state index contributed by atoms with van der Waals surface area (Å²) in [6, 6.07) is 18.1. The van der Waals surface area contributed by atoms with E-state index in [2.05, 4.69) is 19.9 Å². The van der Waals surface area contributed by atoms with E-state index < -0.39 is 18.0 Å². The Kier molecular flexibility index (Phi) is 6.09. The molecule has 0 saturated heterocycles. The molecule has 7 nitrogen and oxygen atoms in total. The fourth-order valence-electron chi connectivity index (χ4n) is 3.63. The van der Waals surface area contributed by atoms with Crippen molar-refractivity contribution in [3.8, 4) is 23.3 Å². The first-order valence-electron chi connectivity index (χ1n) is 10.6. The number of carbonyl (C=O) groups excluding carboxylic acids is 1. The van der Waals surface area contributed by atoms with Gasteiger partial charge in [-0.05, 0) is 48.7 Å². The number of esters is 1. The van der Waals surface area contributed by atoms with Crippen LogP contribution in [-0.4, -0.2) is 12.1 Å². The number of nitrogens with two attached hydrogens (primary N) is 1. The molecule has 3 aromatic rings. The molecule has 2 N–H and O–H groups in total. The highest BCUT2D eigenvalue weighted by Crippen LogP contribution is 2.43. The average Bonchev–Trinajstić information content (AvgIpc) is 3.33. The van der Waals surface area contributed by atoms with Gasteiger partial charge in [0.15, 0.2) is 6.10 Å². The maximum atomic E-state index is 12.6. The topological polar surface area (TPSA) is 108 Å². The van der Waals surface area contributed by atoms with E-state index in [1.807, 2.05) is 24.3 Å².